The minimum absolute atomic E-state index is 1.08. The highest BCUT2D eigenvalue weighted by Crippen LogP contribution is 2.18. The van der Waals surface area contributed by atoms with E-state index in [2.05, 4.69) is 42.3 Å². The highest BCUT2D eigenvalue weighted by atomic mass is 15.2. The van der Waals surface area contributed by atoms with Gasteiger partial charge in [0.25, 0.3) is 0 Å². The molecule has 1 aromatic heterocycles. The Morgan fingerprint density at radius 3 is 2.87 bits per heavy atom. The molecule has 3 nitrogen and oxygen atoms in total. The van der Waals surface area contributed by atoms with Gasteiger partial charge in [-0.15, -0.1) is 0 Å². The van der Waals surface area contributed by atoms with Crippen molar-refractivity contribution < 1.29 is 0 Å². The molecule has 0 fully saturated rings. The number of benzene rings is 1. The molecule has 0 N–H and O–H groups in total. The summed E-state index contributed by atoms with van der Waals surface area (Å²) in [4.78, 5) is 2.20. The molecule has 0 saturated carbocycles. The lowest BCUT2D eigenvalue weighted by molar-refractivity contribution is 0.414. The first kappa shape index (κ1) is 10.2. The summed E-state index contributed by atoms with van der Waals surface area (Å²) >= 11 is 0. The van der Waals surface area contributed by atoms with Crippen molar-refractivity contribution in [3.8, 4) is 0 Å². The summed E-state index contributed by atoms with van der Waals surface area (Å²) in [5.74, 6) is 0. The maximum Gasteiger partial charge on any atom is 0.0681 e. The monoisotopic (exact) mass is 203 g/mol. The van der Waals surface area contributed by atoms with Gasteiger partial charge in [0.15, 0.2) is 0 Å². The summed E-state index contributed by atoms with van der Waals surface area (Å²) in [6.07, 6.45) is 3.04. The lowest BCUT2D eigenvalue weighted by atomic mass is 10.1. The highest BCUT2D eigenvalue weighted by Gasteiger charge is 2.04. The van der Waals surface area contributed by atoms with Gasteiger partial charge in [-0.05, 0) is 32.1 Å². The van der Waals surface area contributed by atoms with Crippen LogP contribution in [0.25, 0.3) is 10.9 Å². The van der Waals surface area contributed by atoms with E-state index in [0.29, 0.717) is 0 Å². The van der Waals surface area contributed by atoms with Gasteiger partial charge in [-0.2, -0.15) is 5.10 Å². The number of aryl methyl sites for hydroxylation is 1. The average Bonchev–Trinajstić information content (AvgIpc) is 2.58. The van der Waals surface area contributed by atoms with Gasteiger partial charge in [0.05, 0.1) is 11.7 Å². The number of nitrogens with zero attached hydrogens (tertiary/aromatic N) is 3. The lowest BCUT2D eigenvalue weighted by Gasteiger charge is -2.09. The van der Waals surface area contributed by atoms with Crippen LogP contribution in [0.1, 0.15) is 5.56 Å². The van der Waals surface area contributed by atoms with Crippen LogP contribution in [0.4, 0.5) is 0 Å². The molecule has 0 amide bonds. The van der Waals surface area contributed by atoms with Crippen molar-refractivity contribution in [1.82, 2.24) is 14.7 Å². The normalized spacial score (nSPS) is 11.5. The van der Waals surface area contributed by atoms with E-state index in [1.807, 2.05) is 17.9 Å². The number of fused-ring (bicyclic) bond motifs is 1. The van der Waals surface area contributed by atoms with E-state index in [9.17, 15) is 0 Å². The van der Waals surface area contributed by atoms with Gasteiger partial charge in [0, 0.05) is 19.0 Å². The molecule has 2 aromatic rings. The summed E-state index contributed by atoms with van der Waals surface area (Å²) in [5, 5.41) is 5.57. The molecule has 3 heteroatoms. The summed E-state index contributed by atoms with van der Waals surface area (Å²) < 4.78 is 1.93. The Kier molecular flexibility index (Phi) is 2.73. The number of rotatable bonds is 3. The van der Waals surface area contributed by atoms with Crippen LogP contribution in [-0.4, -0.2) is 35.3 Å². The number of aromatic nitrogens is 2. The third kappa shape index (κ3) is 2.02. The predicted octanol–water partition coefficient (Wildman–Crippen LogP) is 1.68. The minimum Gasteiger partial charge on any atom is -0.309 e. The van der Waals surface area contributed by atoms with Crippen LogP contribution in [0.5, 0.6) is 0 Å². The third-order valence-corrected chi connectivity index (χ3v) is 2.71. The molecule has 0 spiro atoms. The molecule has 1 aromatic carbocycles. The Hall–Kier alpha value is -1.35. The van der Waals surface area contributed by atoms with E-state index in [1.54, 1.807) is 0 Å². The fraction of sp³-hybridized carbons (Fsp3) is 0.417. The first-order chi connectivity index (χ1) is 7.18. The van der Waals surface area contributed by atoms with Crippen LogP contribution in [0.3, 0.4) is 0 Å². The number of hydrogen-bond acceptors (Lipinski definition) is 2. The van der Waals surface area contributed by atoms with Gasteiger partial charge in [0.2, 0.25) is 0 Å². The zero-order valence-electron chi connectivity index (χ0n) is 9.57. The molecule has 0 aliphatic heterocycles. The molecule has 0 aliphatic carbocycles. The SMILES string of the molecule is CN(C)CCc1cccc2c1cnn2C. The second-order valence-electron chi connectivity index (χ2n) is 4.17. The standard InChI is InChI=1S/C12H17N3/c1-14(2)8-7-10-5-4-6-12-11(10)9-13-15(12)3/h4-6,9H,7-8H2,1-3H3. The number of hydrogen-bond donors (Lipinski definition) is 0. The second kappa shape index (κ2) is 4.03. The van der Waals surface area contributed by atoms with Crippen molar-refractivity contribution in [2.45, 2.75) is 6.42 Å². The van der Waals surface area contributed by atoms with E-state index >= 15 is 0 Å². The van der Waals surface area contributed by atoms with E-state index in [0.717, 1.165) is 13.0 Å². The van der Waals surface area contributed by atoms with Gasteiger partial charge in [-0.25, -0.2) is 0 Å². The molecular formula is C12H17N3. The largest absolute Gasteiger partial charge is 0.309 e. The van der Waals surface area contributed by atoms with Gasteiger partial charge < -0.3 is 4.90 Å². The summed E-state index contributed by atoms with van der Waals surface area (Å²) in [6, 6.07) is 6.41. The predicted molar refractivity (Wildman–Crippen MR) is 63.0 cm³/mol. The second-order valence-corrected chi connectivity index (χ2v) is 4.17. The highest BCUT2D eigenvalue weighted by molar-refractivity contribution is 5.82. The van der Waals surface area contributed by atoms with Crippen molar-refractivity contribution in [1.29, 1.82) is 0 Å². The molecule has 15 heavy (non-hydrogen) atoms. The topological polar surface area (TPSA) is 21.1 Å². The maximum absolute atomic E-state index is 4.29. The van der Waals surface area contributed by atoms with E-state index in [-0.39, 0.29) is 0 Å². The van der Waals surface area contributed by atoms with E-state index in [1.165, 1.54) is 16.5 Å². The van der Waals surface area contributed by atoms with Crippen LogP contribution >= 0.6 is 0 Å². The fourth-order valence-electron chi connectivity index (χ4n) is 1.80. The van der Waals surface area contributed by atoms with Gasteiger partial charge in [-0.1, -0.05) is 12.1 Å². The summed E-state index contributed by atoms with van der Waals surface area (Å²) in [5.41, 5.74) is 2.60. The van der Waals surface area contributed by atoms with Crippen molar-refractivity contribution in [3.63, 3.8) is 0 Å². The summed E-state index contributed by atoms with van der Waals surface area (Å²) in [7, 11) is 6.19. The zero-order chi connectivity index (χ0) is 10.8. The molecule has 0 saturated heterocycles. The molecule has 1 heterocycles. The summed E-state index contributed by atoms with van der Waals surface area (Å²) in [6.45, 7) is 1.08. The Bertz CT molecular complexity index is 457. The zero-order valence-corrected chi connectivity index (χ0v) is 9.57. The van der Waals surface area contributed by atoms with Crippen LogP contribution in [0.15, 0.2) is 24.4 Å². The minimum atomic E-state index is 1.08. The first-order valence-electron chi connectivity index (χ1n) is 5.23. The van der Waals surface area contributed by atoms with Crippen molar-refractivity contribution in [3.05, 3.63) is 30.0 Å². The quantitative estimate of drug-likeness (QED) is 0.756. The van der Waals surface area contributed by atoms with Crippen LogP contribution in [0.2, 0.25) is 0 Å². The van der Waals surface area contributed by atoms with E-state index in [4.69, 9.17) is 0 Å². The Balaban J connectivity index is 2.34. The molecule has 0 radical (unpaired) electrons. The smallest absolute Gasteiger partial charge is 0.0681 e. The van der Waals surface area contributed by atoms with Crippen LogP contribution in [-0.2, 0) is 13.5 Å². The van der Waals surface area contributed by atoms with Gasteiger partial charge in [0.1, 0.15) is 0 Å². The van der Waals surface area contributed by atoms with Crippen molar-refractivity contribution >= 4 is 10.9 Å². The van der Waals surface area contributed by atoms with Crippen molar-refractivity contribution in [2.24, 2.45) is 7.05 Å². The Labute approximate surface area is 90.3 Å². The molecule has 2 rings (SSSR count). The molecule has 0 aliphatic rings. The molecule has 0 unspecified atom stereocenters. The first-order valence-corrected chi connectivity index (χ1v) is 5.23. The van der Waals surface area contributed by atoms with Crippen LogP contribution < -0.4 is 0 Å². The molecule has 0 atom stereocenters. The average molecular weight is 203 g/mol. The maximum atomic E-state index is 4.29. The van der Waals surface area contributed by atoms with Crippen molar-refractivity contribution in [2.75, 3.05) is 20.6 Å². The van der Waals surface area contributed by atoms with Gasteiger partial charge >= 0.3 is 0 Å². The molecular weight excluding hydrogens is 186 g/mol. The van der Waals surface area contributed by atoms with Gasteiger partial charge in [-0.3, -0.25) is 4.68 Å². The molecule has 80 valence electrons. The Morgan fingerprint density at radius 2 is 2.13 bits per heavy atom. The Morgan fingerprint density at radius 1 is 1.33 bits per heavy atom. The lowest BCUT2D eigenvalue weighted by Crippen LogP contribution is -2.15. The fourth-order valence-corrected chi connectivity index (χ4v) is 1.80. The third-order valence-electron chi connectivity index (χ3n) is 2.71. The molecule has 0 bridgehead atoms. The van der Waals surface area contributed by atoms with Crippen LogP contribution in [0, 0.1) is 0 Å². The van der Waals surface area contributed by atoms with E-state index < -0.39 is 0 Å². The number of likely N-dealkylation sites (N-methyl/N-ethyl adjacent to an activating group) is 1.